The van der Waals surface area contributed by atoms with Crippen LogP contribution >= 0.6 is 0 Å². The molecule has 0 radical (unpaired) electrons. The molecule has 1 heteroatoms. The Kier molecular flexibility index (Phi) is 3.58. The van der Waals surface area contributed by atoms with Crippen molar-refractivity contribution in [3.63, 3.8) is 0 Å². The Balaban J connectivity index is 2.32. The first kappa shape index (κ1) is 11.8. The molecule has 1 nitrogen and oxygen atoms in total. The molecule has 1 heterocycles. The molecular formula is C16H19N. The smallest absolute Gasteiger partial charge is 0.0454 e. The van der Waals surface area contributed by atoms with Crippen LogP contribution < -0.4 is 0 Å². The number of aryl methyl sites for hydroxylation is 1. The highest BCUT2D eigenvalue weighted by molar-refractivity contribution is 5.65. The Morgan fingerprint density at radius 2 is 1.71 bits per heavy atom. The lowest BCUT2D eigenvalue weighted by Crippen LogP contribution is -1.99. The van der Waals surface area contributed by atoms with Crippen LogP contribution in [0.25, 0.3) is 11.1 Å². The van der Waals surface area contributed by atoms with Crippen molar-refractivity contribution in [1.82, 2.24) is 4.98 Å². The summed E-state index contributed by atoms with van der Waals surface area (Å²) in [7, 11) is 0. The van der Waals surface area contributed by atoms with E-state index in [1.54, 1.807) is 0 Å². The highest BCUT2D eigenvalue weighted by Crippen LogP contribution is 2.22. The minimum absolute atomic E-state index is 0.657. The number of aromatic nitrogens is 1. The van der Waals surface area contributed by atoms with Crippen molar-refractivity contribution in [2.75, 3.05) is 0 Å². The van der Waals surface area contributed by atoms with Crippen LogP contribution in [-0.4, -0.2) is 4.98 Å². The van der Waals surface area contributed by atoms with Gasteiger partial charge in [0.05, 0.1) is 0 Å². The summed E-state index contributed by atoms with van der Waals surface area (Å²) in [5.41, 5.74) is 4.79. The fourth-order valence-corrected chi connectivity index (χ4v) is 2.07. The van der Waals surface area contributed by atoms with E-state index in [0.717, 1.165) is 12.1 Å². The summed E-state index contributed by atoms with van der Waals surface area (Å²) in [5.74, 6) is 0.657. The topological polar surface area (TPSA) is 12.9 Å². The van der Waals surface area contributed by atoms with Gasteiger partial charge in [0.1, 0.15) is 0 Å². The Morgan fingerprint density at radius 1 is 1.00 bits per heavy atom. The third-order valence-electron chi connectivity index (χ3n) is 2.85. The van der Waals surface area contributed by atoms with E-state index in [1.165, 1.54) is 16.8 Å². The van der Waals surface area contributed by atoms with Gasteiger partial charge in [-0.2, -0.15) is 0 Å². The van der Waals surface area contributed by atoms with Crippen molar-refractivity contribution in [3.8, 4) is 11.1 Å². The third kappa shape index (κ3) is 2.94. The van der Waals surface area contributed by atoms with E-state index in [4.69, 9.17) is 0 Å². The lowest BCUT2D eigenvalue weighted by molar-refractivity contribution is 0.634. The maximum absolute atomic E-state index is 4.69. The molecule has 0 fully saturated rings. The third-order valence-corrected chi connectivity index (χ3v) is 2.85. The molecule has 0 saturated heterocycles. The van der Waals surface area contributed by atoms with Gasteiger partial charge in [-0.15, -0.1) is 0 Å². The summed E-state index contributed by atoms with van der Waals surface area (Å²) in [4.78, 5) is 4.69. The number of pyridine rings is 1. The Labute approximate surface area is 104 Å². The molecular weight excluding hydrogens is 206 g/mol. The van der Waals surface area contributed by atoms with E-state index < -0.39 is 0 Å². The highest BCUT2D eigenvalue weighted by Gasteiger charge is 2.05. The molecule has 0 unspecified atom stereocenters. The van der Waals surface area contributed by atoms with E-state index in [2.05, 4.69) is 62.2 Å². The van der Waals surface area contributed by atoms with E-state index >= 15 is 0 Å². The van der Waals surface area contributed by atoms with Gasteiger partial charge in [-0.25, -0.2) is 0 Å². The van der Waals surface area contributed by atoms with Gasteiger partial charge in [0.25, 0.3) is 0 Å². The maximum Gasteiger partial charge on any atom is 0.0454 e. The van der Waals surface area contributed by atoms with Crippen LogP contribution in [-0.2, 0) is 6.42 Å². The second-order valence-corrected chi connectivity index (χ2v) is 4.90. The standard InChI is InChI=1S/C16H19N/c1-12(2)11-15-9-10-16(13(3)17-15)14-7-5-4-6-8-14/h4-10,12H,11H2,1-3H3. The monoisotopic (exact) mass is 225 g/mol. The van der Waals surface area contributed by atoms with E-state index in [9.17, 15) is 0 Å². The predicted molar refractivity (Wildman–Crippen MR) is 73.0 cm³/mol. The summed E-state index contributed by atoms with van der Waals surface area (Å²) in [5, 5.41) is 0. The van der Waals surface area contributed by atoms with Gasteiger partial charge in [0.15, 0.2) is 0 Å². The summed E-state index contributed by atoms with van der Waals surface area (Å²) in [6.45, 7) is 6.54. The van der Waals surface area contributed by atoms with Crippen LogP contribution in [0.2, 0.25) is 0 Å². The van der Waals surface area contributed by atoms with Crippen LogP contribution in [0.3, 0.4) is 0 Å². The van der Waals surface area contributed by atoms with Gasteiger partial charge in [-0.05, 0) is 30.9 Å². The molecule has 88 valence electrons. The fraction of sp³-hybridized carbons (Fsp3) is 0.312. The van der Waals surface area contributed by atoms with Gasteiger partial charge in [-0.1, -0.05) is 50.2 Å². The molecule has 0 aliphatic rings. The van der Waals surface area contributed by atoms with E-state index in [0.29, 0.717) is 5.92 Å². The second kappa shape index (κ2) is 5.13. The zero-order valence-electron chi connectivity index (χ0n) is 10.8. The summed E-state index contributed by atoms with van der Waals surface area (Å²) < 4.78 is 0. The largest absolute Gasteiger partial charge is 0.258 e. The molecule has 2 aromatic rings. The van der Waals surface area contributed by atoms with Crippen molar-refractivity contribution in [2.24, 2.45) is 5.92 Å². The zero-order chi connectivity index (χ0) is 12.3. The minimum atomic E-state index is 0.657. The fourth-order valence-electron chi connectivity index (χ4n) is 2.07. The summed E-state index contributed by atoms with van der Waals surface area (Å²) >= 11 is 0. The lowest BCUT2D eigenvalue weighted by atomic mass is 10.0. The molecule has 1 aromatic heterocycles. The number of hydrogen-bond donors (Lipinski definition) is 0. The molecule has 0 spiro atoms. The lowest BCUT2D eigenvalue weighted by Gasteiger charge is -2.09. The molecule has 0 aliphatic heterocycles. The van der Waals surface area contributed by atoms with E-state index in [1.807, 2.05) is 6.07 Å². The van der Waals surface area contributed by atoms with Crippen molar-refractivity contribution < 1.29 is 0 Å². The van der Waals surface area contributed by atoms with Crippen LogP contribution in [0.4, 0.5) is 0 Å². The second-order valence-electron chi connectivity index (χ2n) is 4.90. The number of hydrogen-bond acceptors (Lipinski definition) is 1. The van der Waals surface area contributed by atoms with Crippen molar-refractivity contribution in [3.05, 3.63) is 53.9 Å². The predicted octanol–water partition coefficient (Wildman–Crippen LogP) is 4.26. The summed E-state index contributed by atoms with van der Waals surface area (Å²) in [6, 6.07) is 14.8. The molecule has 17 heavy (non-hydrogen) atoms. The van der Waals surface area contributed by atoms with Crippen LogP contribution in [0.5, 0.6) is 0 Å². The zero-order valence-corrected chi connectivity index (χ0v) is 10.8. The van der Waals surface area contributed by atoms with Gasteiger partial charge in [-0.3, -0.25) is 4.98 Å². The Morgan fingerprint density at radius 3 is 2.29 bits per heavy atom. The average Bonchev–Trinajstić information content (AvgIpc) is 2.29. The van der Waals surface area contributed by atoms with Gasteiger partial charge >= 0.3 is 0 Å². The van der Waals surface area contributed by atoms with E-state index in [-0.39, 0.29) is 0 Å². The van der Waals surface area contributed by atoms with Crippen LogP contribution in [0, 0.1) is 12.8 Å². The first-order valence-corrected chi connectivity index (χ1v) is 6.19. The number of benzene rings is 1. The normalized spacial score (nSPS) is 10.8. The molecule has 0 bridgehead atoms. The molecule has 2 rings (SSSR count). The van der Waals surface area contributed by atoms with Crippen LogP contribution in [0.1, 0.15) is 25.2 Å². The average molecular weight is 225 g/mol. The molecule has 0 N–H and O–H groups in total. The quantitative estimate of drug-likeness (QED) is 0.760. The van der Waals surface area contributed by atoms with Gasteiger partial charge < -0.3 is 0 Å². The highest BCUT2D eigenvalue weighted by atomic mass is 14.7. The maximum atomic E-state index is 4.69. The van der Waals surface area contributed by atoms with Crippen LogP contribution in [0.15, 0.2) is 42.5 Å². The molecule has 0 saturated carbocycles. The van der Waals surface area contributed by atoms with Crippen molar-refractivity contribution in [2.45, 2.75) is 27.2 Å². The van der Waals surface area contributed by atoms with Gasteiger partial charge in [0, 0.05) is 17.0 Å². The summed E-state index contributed by atoms with van der Waals surface area (Å²) in [6.07, 6.45) is 1.05. The van der Waals surface area contributed by atoms with Gasteiger partial charge in [0.2, 0.25) is 0 Å². The molecule has 0 atom stereocenters. The molecule has 1 aromatic carbocycles. The molecule has 0 amide bonds. The Bertz CT molecular complexity index is 486. The van der Waals surface area contributed by atoms with Crippen molar-refractivity contribution in [1.29, 1.82) is 0 Å². The molecule has 0 aliphatic carbocycles. The first-order chi connectivity index (χ1) is 8.16. The van der Waals surface area contributed by atoms with Crippen molar-refractivity contribution >= 4 is 0 Å². The first-order valence-electron chi connectivity index (χ1n) is 6.19. The SMILES string of the molecule is Cc1nc(CC(C)C)ccc1-c1ccccc1. The Hall–Kier alpha value is -1.63. The minimum Gasteiger partial charge on any atom is -0.258 e. The number of rotatable bonds is 3. The number of nitrogens with zero attached hydrogens (tertiary/aromatic N) is 1.